The number of nitrogens with one attached hydrogen (secondary N) is 1. The standard InChI is InChI=1S/C11H12N2O3S/c12-10(15)6-13-11(16)8-5-9(17-7-8)3-1-2-4-14/h5,7,14H,2,4,6H2,(H2,12,15)(H,13,16). The molecule has 2 amide bonds. The Kier molecular flexibility index (Phi) is 5.20. The molecule has 0 saturated heterocycles. The van der Waals surface area contributed by atoms with Gasteiger partial charge < -0.3 is 16.2 Å². The summed E-state index contributed by atoms with van der Waals surface area (Å²) in [6.07, 6.45) is 0.404. The van der Waals surface area contributed by atoms with Crippen LogP contribution in [0.2, 0.25) is 0 Å². The summed E-state index contributed by atoms with van der Waals surface area (Å²) in [4.78, 5) is 22.7. The Labute approximate surface area is 103 Å². The summed E-state index contributed by atoms with van der Waals surface area (Å²) in [5, 5.41) is 12.6. The van der Waals surface area contributed by atoms with Gasteiger partial charge in [-0.1, -0.05) is 11.8 Å². The number of thiophene rings is 1. The maximum absolute atomic E-state index is 11.5. The fourth-order valence-electron chi connectivity index (χ4n) is 0.996. The number of carbonyl (C=O) groups excluding carboxylic acids is 2. The molecule has 90 valence electrons. The minimum Gasteiger partial charge on any atom is -0.395 e. The van der Waals surface area contributed by atoms with Crippen molar-refractivity contribution in [3.8, 4) is 11.8 Å². The Bertz CT molecular complexity index is 471. The molecule has 1 aromatic rings. The molecule has 1 aromatic heterocycles. The van der Waals surface area contributed by atoms with Gasteiger partial charge in [-0.05, 0) is 6.07 Å². The average Bonchev–Trinajstić information content (AvgIpc) is 2.75. The first-order chi connectivity index (χ1) is 8.13. The zero-order valence-electron chi connectivity index (χ0n) is 9.03. The van der Waals surface area contributed by atoms with Crippen molar-refractivity contribution < 1.29 is 14.7 Å². The van der Waals surface area contributed by atoms with Gasteiger partial charge in [-0.15, -0.1) is 11.3 Å². The smallest absolute Gasteiger partial charge is 0.252 e. The highest BCUT2D eigenvalue weighted by atomic mass is 32.1. The van der Waals surface area contributed by atoms with Gasteiger partial charge in [-0.25, -0.2) is 0 Å². The molecule has 0 radical (unpaired) electrons. The third-order valence-corrected chi connectivity index (χ3v) is 2.58. The molecule has 0 bridgehead atoms. The maximum atomic E-state index is 11.5. The van der Waals surface area contributed by atoms with E-state index in [4.69, 9.17) is 10.8 Å². The Morgan fingerprint density at radius 3 is 2.94 bits per heavy atom. The van der Waals surface area contributed by atoms with Crippen LogP contribution in [0.25, 0.3) is 0 Å². The van der Waals surface area contributed by atoms with Gasteiger partial charge in [0.2, 0.25) is 5.91 Å². The van der Waals surface area contributed by atoms with Gasteiger partial charge in [0.1, 0.15) is 0 Å². The molecular formula is C11H12N2O3S. The zero-order valence-corrected chi connectivity index (χ0v) is 9.84. The lowest BCUT2D eigenvalue weighted by Crippen LogP contribution is -2.33. The van der Waals surface area contributed by atoms with Gasteiger partial charge >= 0.3 is 0 Å². The summed E-state index contributed by atoms with van der Waals surface area (Å²) in [6, 6.07) is 1.63. The Morgan fingerprint density at radius 1 is 1.53 bits per heavy atom. The van der Waals surface area contributed by atoms with E-state index in [1.807, 2.05) is 0 Å². The molecule has 0 unspecified atom stereocenters. The first-order valence-corrected chi connectivity index (χ1v) is 5.76. The maximum Gasteiger partial charge on any atom is 0.252 e. The lowest BCUT2D eigenvalue weighted by molar-refractivity contribution is -0.117. The van der Waals surface area contributed by atoms with E-state index < -0.39 is 5.91 Å². The number of amides is 2. The van der Waals surface area contributed by atoms with Crippen LogP contribution in [-0.2, 0) is 4.79 Å². The fourth-order valence-corrected chi connectivity index (χ4v) is 1.75. The number of carbonyl (C=O) groups is 2. The number of primary amides is 1. The van der Waals surface area contributed by atoms with Gasteiger partial charge in [0.25, 0.3) is 5.91 Å². The molecule has 1 heterocycles. The molecular weight excluding hydrogens is 240 g/mol. The van der Waals surface area contributed by atoms with Crippen LogP contribution in [0.3, 0.4) is 0 Å². The van der Waals surface area contributed by atoms with Crippen LogP contribution >= 0.6 is 11.3 Å². The van der Waals surface area contributed by atoms with E-state index >= 15 is 0 Å². The molecule has 1 rings (SSSR count). The topological polar surface area (TPSA) is 92.4 Å². The highest BCUT2D eigenvalue weighted by Gasteiger charge is 2.08. The molecule has 0 spiro atoms. The highest BCUT2D eigenvalue weighted by molar-refractivity contribution is 7.10. The van der Waals surface area contributed by atoms with E-state index in [-0.39, 0.29) is 19.1 Å². The van der Waals surface area contributed by atoms with Gasteiger partial charge in [0, 0.05) is 11.8 Å². The van der Waals surface area contributed by atoms with Crippen LogP contribution in [0.1, 0.15) is 21.7 Å². The number of nitrogens with two attached hydrogens (primary N) is 1. The largest absolute Gasteiger partial charge is 0.395 e. The summed E-state index contributed by atoms with van der Waals surface area (Å²) in [6.45, 7) is -0.162. The van der Waals surface area contributed by atoms with E-state index in [0.717, 1.165) is 4.88 Å². The first kappa shape index (κ1) is 13.2. The normalized spacial score (nSPS) is 9.24. The molecule has 5 nitrogen and oxygen atoms in total. The predicted octanol–water partition coefficient (Wildman–Crippen LogP) is -0.303. The number of rotatable bonds is 4. The number of aliphatic hydroxyl groups excluding tert-OH is 1. The van der Waals surface area contributed by atoms with E-state index in [2.05, 4.69) is 17.2 Å². The highest BCUT2D eigenvalue weighted by Crippen LogP contribution is 2.13. The van der Waals surface area contributed by atoms with Crippen LogP contribution in [0.4, 0.5) is 0 Å². The van der Waals surface area contributed by atoms with Gasteiger partial charge in [0.05, 0.1) is 23.6 Å². The van der Waals surface area contributed by atoms with E-state index in [9.17, 15) is 9.59 Å². The molecule has 0 atom stereocenters. The molecule has 0 aliphatic rings. The van der Waals surface area contributed by atoms with Gasteiger partial charge in [0.15, 0.2) is 0 Å². The minimum absolute atomic E-state index is 0.0182. The molecule has 0 aliphatic heterocycles. The van der Waals surface area contributed by atoms with Gasteiger partial charge in [-0.3, -0.25) is 9.59 Å². The summed E-state index contributed by atoms with van der Waals surface area (Å²) in [5.41, 5.74) is 5.36. The van der Waals surface area contributed by atoms with Crippen molar-refractivity contribution in [2.75, 3.05) is 13.2 Å². The third kappa shape index (κ3) is 4.68. The molecule has 0 aromatic carbocycles. The molecule has 0 fully saturated rings. The summed E-state index contributed by atoms with van der Waals surface area (Å²) in [7, 11) is 0. The SMILES string of the molecule is NC(=O)CNC(=O)c1csc(C#CCCO)c1. The van der Waals surface area contributed by atoms with Crippen LogP contribution < -0.4 is 11.1 Å². The Balaban J connectivity index is 2.59. The predicted molar refractivity (Wildman–Crippen MR) is 64.4 cm³/mol. The number of hydrogen-bond donors (Lipinski definition) is 3. The van der Waals surface area contributed by atoms with Crippen molar-refractivity contribution in [1.82, 2.24) is 5.32 Å². The molecule has 6 heteroatoms. The fraction of sp³-hybridized carbons (Fsp3) is 0.273. The van der Waals surface area contributed by atoms with E-state index in [0.29, 0.717) is 12.0 Å². The third-order valence-electron chi connectivity index (χ3n) is 1.73. The first-order valence-electron chi connectivity index (χ1n) is 4.88. The Morgan fingerprint density at radius 2 is 2.29 bits per heavy atom. The summed E-state index contributed by atoms with van der Waals surface area (Å²) in [5.74, 6) is 4.64. The molecule has 0 saturated carbocycles. The lowest BCUT2D eigenvalue weighted by atomic mass is 10.3. The monoisotopic (exact) mass is 252 g/mol. The molecule has 17 heavy (non-hydrogen) atoms. The van der Waals surface area contributed by atoms with Crippen molar-refractivity contribution in [3.05, 3.63) is 21.9 Å². The second kappa shape index (κ2) is 6.68. The summed E-state index contributed by atoms with van der Waals surface area (Å²) < 4.78 is 0. The number of aliphatic hydroxyl groups is 1. The second-order valence-corrected chi connectivity index (χ2v) is 4.04. The minimum atomic E-state index is -0.587. The van der Waals surface area contributed by atoms with E-state index in [1.54, 1.807) is 11.4 Å². The van der Waals surface area contributed by atoms with Crippen molar-refractivity contribution in [2.24, 2.45) is 5.73 Å². The van der Waals surface area contributed by atoms with Crippen LogP contribution in [0, 0.1) is 11.8 Å². The van der Waals surface area contributed by atoms with Crippen LogP contribution in [0.5, 0.6) is 0 Å². The number of hydrogen-bond acceptors (Lipinski definition) is 4. The Hall–Kier alpha value is -1.84. The quantitative estimate of drug-likeness (QED) is 0.642. The molecule has 4 N–H and O–H groups in total. The zero-order chi connectivity index (χ0) is 12.7. The second-order valence-electron chi connectivity index (χ2n) is 3.12. The van der Waals surface area contributed by atoms with Crippen molar-refractivity contribution in [2.45, 2.75) is 6.42 Å². The lowest BCUT2D eigenvalue weighted by Gasteiger charge is -1.98. The van der Waals surface area contributed by atoms with Gasteiger partial charge in [-0.2, -0.15) is 0 Å². The molecule has 0 aliphatic carbocycles. The van der Waals surface area contributed by atoms with Crippen molar-refractivity contribution >= 4 is 23.2 Å². The van der Waals surface area contributed by atoms with E-state index in [1.165, 1.54) is 11.3 Å². The van der Waals surface area contributed by atoms with Crippen LogP contribution in [-0.4, -0.2) is 30.1 Å². The average molecular weight is 252 g/mol. The van der Waals surface area contributed by atoms with Crippen molar-refractivity contribution in [1.29, 1.82) is 0 Å². The van der Waals surface area contributed by atoms with Crippen molar-refractivity contribution in [3.63, 3.8) is 0 Å². The van der Waals surface area contributed by atoms with Crippen LogP contribution in [0.15, 0.2) is 11.4 Å². The summed E-state index contributed by atoms with van der Waals surface area (Å²) >= 11 is 1.33.